The zero-order valence-electron chi connectivity index (χ0n) is 7.09. The molecule has 0 saturated carbocycles. The molecule has 3 heteroatoms. The molecular formula is C10H10Cl2O. The molecule has 13 heavy (non-hydrogen) atoms. The fourth-order valence-electron chi connectivity index (χ4n) is 1.02. The van der Waals surface area contributed by atoms with Crippen LogP contribution in [0.25, 0.3) is 0 Å². The highest BCUT2D eigenvalue weighted by Gasteiger charge is 2.02. The van der Waals surface area contributed by atoms with Crippen molar-refractivity contribution in [3.05, 3.63) is 34.9 Å². The van der Waals surface area contributed by atoms with Crippen molar-refractivity contribution in [2.24, 2.45) is 0 Å². The van der Waals surface area contributed by atoms with Gasteiger partial charge in [-0.05, 0) is 17.7 Å². The van der Waals surface area contributed by atoms with Gasteiger partial charge in [0.1, 0.15) is 5.78 Å². The number of rotatable bonds is 4. The molecular weight excluding hydrogens is 207 g/mol. The van der Waals surface area contributed by atoms with Gasteiger partial charge in [-0.25, -0.2) is 0 Å². The summed E-state index contributed by atoms with van der Waals surface area (Å²) >= 11 is 11.1. The Bertz CT molecular complexity index is 279. The molecule has 1 aromatic carbocycles. The fourth-order valence-corrected chi connectivity index (χ4v) is 1.36. The van der Waals surface area contributed by atoms with E-state index in [9.17, 15) is 4.79 Å². The first-order valence-corrected chi connectivity index (χ1v) is 4.95. The minimum absolute atomic E-state index is 0.164. The van der Waals surface area contributed by atoms with Gasteiger partial charge in [-0.3, -0.25) is 4.79 Å². The standard InChI is InChI=1S/C10H10Cl2O/c11-6-5-10(13)7-8-1-3-9(12)4-2-8/h1-4H,5-7H2. The fraction of sp³-hybridized carbons (Fsp3) is 0.300. The molecule has 1 aromatic rings. The van der Waals surface area contributed by atoms with Crippen LogP contribution in [0, 0.1) is 0 Å². The van der Waals surface area contributed by atoms with Crippen molar-refractivity contribution in [3.8, 4) is 0 Å². The molecule has 0 aliphatic rings. The lowest BCUT2D eigenvalue weighted by atomic mass is 10.1. The highest BCUT2D eigenvalue weighted by atomic mass is 35.5. The third-order valence-corrected chi connectivity index (χ3v) is 2.13. The first-order chi connectivity index (χ1) is 6.22. The number of benzene rings is 1. The summed E-state index contributed by atoms with van der Waals surface area (Å²) < 4.78 is 0. The number of alkyl halides is 1. The van der Waals surface area contributed by atoms with Crippen LogP contribution in [0.1, 0.15) is 12.0 Å². The Hall–Kier alpha value is -0.530. The summed E-state index contributed by atoms with van der Waals surface area (Å²) in [6.45, 7) is 0. The van der Waals surface area contributed by atoms with Crippen LogP contribution in [-0.2, 0) is 11.2 Å². The van der Waals surface area contributed by atoms with Gasteiger partial charge < -0.3 is 0 Å². The van der Waals surface area contributed by atoms with Crippen molar-refractivity contribution >= 4 is 29.0 Å². The maximum atomic E-state index is 11.2. The first-order valence-electron chi connectivity index (χ1n) is 4.04. The van der Waals surface area contributed by atoms with E-state index in [2.05, 4.69) is 0 Å². The van der Waals surface area contributed by atoms with E-state index in [1.165, 1.54) is 0 Å². The monoisotopic (exact) mass is 216 g/mol. The van der Waals surface area contributed by atoms with Gasteiger partial charge in [0.15, 0.2) is 0 Å². The maximum Gasteiger partial charge on any atom is 0.138 e. The molecule has 0 fully saturated rings. The highest BCUT2D eigenvalue weighted by Crippen LogP contribution is 2.10. The van der Waals surface area contributed by atoms with Gasteiger partial charge in [-0.15, -0.1) is 11.6 Å². The Balaban J connectivity index is 2.54. The van der Waals surface area contributed by atoms with Crippen LogP contribution < -0.4 is 0 Å². The first kappa shape index (κ1) is 10.6. The summed E-state index contributed by atoms with van der Waals surface area (Å²) in [5, 5.41) is 0.688. The molecule has 0 bridgehead atoms. The molecule has 0 heterocycles. The third-order valence-electron chi connectivity index (χ3n) is 1.69. The number of hydrogen-bond acceptors (Lipinski definition) is 1. The second-order valence-corrected chi connectivity index (χ2v) is 3.60. The van der Waals surface area contributed by atoms with Gasteiger partial charge in [0.2, 0.25) is 0 Å². The van der Waals surface area contributed by atoms with Crippen molar-refractivity contribution in [2.75, 3.05) is 5.88 Å². The Morgan fingerprint density at radius 2 is 1.85 bits per heavy atom. The van der Waals surface area contributed by atoms with Crippen LogP contribution in [0.5, 0.6) is 0 Å². The lowest BCUT2D eigenvalue weighted by molar-refractivity contribution is -0.118. The van der Waals surface area contributed by atoms with E-state index in [1.54, 1.807) is 12.1 Å². The number of Topliss-reactive ketones (excluding diaryl/α,β-unsaturated/α-hetero) is 1. The van der Waals surface area contributed by atoms with E-state index in [-0.39, 0.29) is 5.78 Å². The topological polar surface area (TPSA) is 17.1 Å². The zero-order chi connectivity index (χ0) is 9.68. The molecule has 0 aliphatic carbocycles. The predicted octanol–water partition coefficient (Wildman–Crippen LogP) is 3.08. The summed E-state index contributed by atoms with van der Waals surface area (Å²) in [6.07, 6.45) is 0.883. The van der Waals surface area contributed by atoms with E-state index < -0.39 is 0 Å². The van der Waals surface area contributed by atoms with Gasteiger partial charge in [0, 0.05) is 23.7 Å². The van der Waals surface area contributed by atoms with Gasteiger partial charge in [-0.2, -0.15) is 0 Å². The van der Waals surface area contributed by atoms with Crippen molar-refractivity contribution in [1.29, 1.82) is 0 Å². The van der Waals surface area contributed by atoms with Gasteiger partial charge in [0.05, 0.1) is 0 Å². The molecule has 1 rings (SSSR count). The lowest BCUT2D eigenvalue weighted by Gasteiger charge is -1.99. The maximum absolute atomic E-state index is 11.2. The molecule has 1 nitrogen and oxygen atoms in total. The van der Waals surface area contributed by atoms with Crippen LogP contribution in [0.4, 0.5) is 0 Å². The van der Waals surface area contributed by atoms with E-state index in [1.807, 2.05) is 12.1 Å². The average Bonchev–Trinajstić information content (AvgIpc) is 2.09. The van der Waals surface area contributed by atoms with Gasteiger partial charge in [0.25, 0.3) is 0 Å². The molecule has 0 saturated heterocycles. The van der Waals surface area contributed by atoms with Crippen molar-refractivity contribution in [2.45, 2.75) is 12.8 Å². The third kappa shape index (κ3) is 3.79. The zero-order valence-corrected chi connectivity index (χ0v) is 8.61. The van der Waals surface area contributed by atoms with E-state index >= 15 is 0 Å². The molecule has 0 N–H and O–H groups in total. The van der Waals surface area contributed by atoms with E-state index in [0.717, 1.165) is 5.56 Å². The number of carbonyl (C=O) groups is 1. The smallest absolute Gasteiger partial charge is 0.138 e. The van der Waals surface area contributed by atoms with Crippen LogP contribution in [0.15, 0.2) is 24.3 Å². The molecule has 0 amide bonds. The summed E-state index contributed by atoms with van der Waals surface area (Å²) in [5.41, 5.74) is 0.986. The number of ketones is 1. The molecule has 0 aliphatic heterocycles. The summed E-state index contributed by atoms with van der Waals surface area (Å²) in [7, 11) is 0. The van der Waals surface area contributed by atoms with Crippen LogP contribution >= 0.6 is 23.2 Å². The Morgan fingerprint density at radius 3 is 2.38 bits per heavy atom. The number of halogens is 2. The Labute approximate surface area is 87.7 Å². The van der Waals surface area contributed by atoms with Gasteiger partial charge in [-0.1, -0.05) is 23.7 Å². The summed E-state index contributed by atoms with van der Waals surface area (Å²) in [6, 6.07) is 7.28. The minimum Gasteiger partial charge on any atom is -0.299 e. The number of hydrogen-bond donors (Lipinski definition) is 0. The molecule has 0 radical (unpaired) electrons. The summed E-state index contributed by atoms with van der Waals surface area (Å²) in [5.74, 6) is 0.559. The molecule has 0 unspecified atom stereocenters. The van der Waals surface area contributed by atoms with Crippen LogP contribution in [0.2, 0.25) is 5.02 Å². The molecule has 0 aromatic heterocycles. The molecule has 0 atom stereocenters. The van der Waals surface area contributed by atoms with E-state index in [0.29, 0.717) is 23.7 Å². The second-order valence-electron chi connectivity index (χ2n) is 2.78. The van der Waals surface area contributed by atoms with Crippen LogP contribution in [-0.4, -0.2) is 11.7 Å². The normalized spacial score (nSPS) is 10.0. The number of carbonyl (C=O) groups excluding carboxylic acids is 1. The molecule has 70 valence electrons. The predicted molar refractivity (Wildman–Crippen MR) is 55.5 cm³/mol. The van der Waals surface area contributed by atoms with Crippen LogP contribution in [0.3, 0.4) is 0 Å². The van der Waals surface area contributed by atoms with Gasteiger partial charge >= 0.3 is 0 Å². The highest BCUT2D eigenvalue weighted by molar-refractivity contribution is 6.30. The lowest BCUT2D eigenvalue weighted by Crippen LogP contribution is -2.02. The Morgan fingerprint density at radius 1 is 1.23 bits per heavy atom. The SMILES string of the molecule is O=C(CCCl)Cc1ccc(Cl)cc1. The van der Waals surface area contributed by atoms with E-state index in [4.69, 9.17) is 23.2 Å². The van der Waals surface area contributed by atoms with Crippen molar-refractivity contribution < 1.29 is 4.79 Å². The quantitative estimate of drug-likeness (QED) is 0.708. The molecule has 0 spiro atoms. The Kier molecular flexibility index (Phi) is 4.26. The summed E-state index contributed by atoms with van der Waals surface area (Å²) in [4.78, 5) is 11.2. The minimum atomic E-state index is 0.164. The largest absolute Gasteiger partial charge is 0.299 e. The second kappa shape index (κ2) is 5.25. The van der Waals surface area contributed by atoms with Crippen molar-refractivity contribution in [1.82, 2.24) is 0 Å². The van der Waals surface area contributed by atoms with Crippen molar-refractivity contribution in [3.63, 3.8) is 0 Å². The average molecular weight is 217 g/mol.